The van der Waals surface area contributed by atoms with Crippen LogP contribution in [0.3, 0.4) is 0 Å². The van der Waals surface area contributed by atoms with Crippen LogP contribution in [-0.2, 0) is 4.74 Å². The van der Waals surface area contributed by atoms with Crippen LogP contribution in [0.2, 0.25) is 0 Å². The van der Waals surface area contributed by atoms with Crippen molar-refractivity contribution >= 4 is 0 Å². The van der Waals surface area contributed by atoms with E-state index in [1.165, 1.54) is 0 Å². The number of nitriles is 1. The van der Waals surface area contributed by atoms with Crippen molar-refractivity contribution in [3.8, 4) is 6.26 Å². The van der Waals surface area contributed by atoms with Crippen LogP contribution in [-0.4, -0.2) is 4.57 Å². The molecule has 0 amide bonds. The summed E-state index contributed by atoms with van der Waals surface area (Å²) in [5, 5.41) is 8.23. The van der Waals surface area contributed by atoms with Gasteiger partial charge in [0.05, 0.1) is 0 Å². The molecular formula is C8H8N2O. The highest BCUT2D eigenvalue weighted by Crippen LogP contribution is 2.08. The van der Waals surface area contributed by atoms with Gasteiger partial charge in [-0.3, -0.25) is 0 Å². The van der Waals surface area contributed by atoms with Gasteiger partial charge in [-0.25, -0.2) is 0 Å². The molecule has 56 valence electrons. The maximum absolute atomic E-state index is 8.23. The number of ether oxygens (including phenoxy) is 1. The van der Waals surface area contributed by atoms with E-state index in [2.05, 4.69) is 11.3 Å². The van der Waals surface area contributed by atoms with Crippen molar-refractivity contribution in [3.63, 3.8) is 0 Å². The Bertz CT molecular complexity index is 258. The Balaban J connectivity index is 2.72. The standard InChI is InChI=1S/C8H8N2O/c1-2-8(11-7-9)10-5-3-4-6-10/h2-6,8H,1H2. The highest BCUT2D eigenvalue weighted by Gasteiger charge is 2.02. The summed E-state index contributed by atoms with van der Waals surface area (Å²) in [6.07, 6.45) is 6.41. The van der Waals surface area contributed by atoms with E-state index in [1.54, 1.807) is 16.9 Å². The molecule has 0 fully saturated rings. The molecule has 0 aliphatic heterocycles. The van der Waals surface area contributed by atoms with Crippen LogP contribution in [0.5, 0.6) is 0 Å². The molecule has 0 N–H and O–H groups in total. The average molecular weight is 148 g/mol. The Hall–Kier alpha value is -1.69. The van der Waals surface area contributed by atoms with Gasteiger partial charge in [-0.1, -0.05) is 6.58 Å². The van der Waals surface area contributed by atoms with Gasteiger partial charge in [0.1, 0.15) is 0 Å². The van der Waals surface area contributed by atoms with E-state index in [9.17, 15) is 0 Å². The van der Waals surface area contributed by atoms with E-state index in [0.717, 1.165) is 0 Å². The van der Waals surface area contributed by atoms with E-state index in [-0.39, 0.29) is 6.23 Å². The zero-order valence-electron chi connectivity index (χ0n) is 5.97. The SMILES string of the molecule is C=CC(OC#N)n1cccc1. The molecule has 0 saturated heterocycles. The predicted octanol–water partition coefficient (Wildman–Crippen LogP) is 1.67. The Labute approximate surface area is 65.1 Å². The van der Waals surface area contributed by atoms with Gasteiger partial charge in [-0.15, -0.1) is 0 Å². The van der Waals surface area contributed by atoms with Crippen molar-refractivity contribution < 1.29 is 4.74 Å². The third-order valence-corrected chi connectivity index (χ3v) is 1.30. The molecule has 11 heavy (non-hydrogen) atoms. The molecule has 0 aliphatic carbocycles. The molecule has 1 unspecified atom stereocenters. The molecule has 0 spiro atoms. The first-order valence-corrected chi connectivity index (χ1v) is 3.18. The van der Waals surface area contributed by atoms with Crippen LogP contribution in [0.1, 0.15) is 6.23 Å². The molecule has 3 nitrogen and oxygen atoms in total. The predicted molar refractivity (Wildman–Crippen MR) is 40.4 cm³/mol. The van der Waals surface area contributed by atoms with Crippen LogP contribution in [0.4, 0.5) is 0 Å². The van der Waals surface area contributed by atoms with Gasteiger partial charge < -0.3 is 9.30 Å². The second-order valence-electron chi connectivity index (χ2n) is 1.97. The van der Waals surface area contributed by atoms with Crippen molar-refractivity contribution in [2.75, 3.05) is 0 Å². The minimum atomic E-state index is -0.380. The van der Waals surface area contributed by atoms with E-state index in [0.29, 0.717) is 0 Å². The summed E-state index contributed by atoms with van der Waals surface area (Å²) in [4.78, 5) is 0. The van der Waals surface area contributed by atoms with E-state index in [4.69, 9.17) is 5.26 Å². The van der Waals surface area contributed by atoms with Crippen molar-refractivity contribution in [3.05, 3.63) is 37.2 Å². The van der Waals surface area contributed by atoms with Gasteiger partial charge in [0.2, 0.25) is 6.23 Å². The summed E-state index contributed by atoms with van der Waals surface area (Å²) < 4.78 is 6.43. The Morgan fingerprint density at radius 1 is 1.55 bits per heavy atom. The average Bonchev–Trinajstić information content (AvgIpc) is 2.52. The number of hydrogen-bond donors (Lipinski definition) is 0. The fraction of sp³-hybridized carbons (Fsp3) is 0.125. The minimum Gasteiger partial charge on any atom is -0.397 e. The van der Waals surface area contributed by atoms with Crippen molar-refractivity contribution in [2.24, 2.45) is 0 Å². The molecule has 0 saturated carbocycles. The molecular weight excluding hydrogens is 140 g/mol. The first kappa shape index (κ1) is 7.42. The second kappa shape index (κ2) is 3.47. The summed E-state index contributed by atoms with van der Waals surface area (Å²) in [5.74, 6) is 0. The summed E-state index contributed by atoms with van der Waals surface area (Å²) in [6, 6.07) is 3.72. The largest absolute Gasteiger partial charge is 0.397 e. The monoisotopic (exact) mass is 148 g/mol. The minimum absolute atomic E-state index is 0.380. The highest BCUT2D eigenvalue weighted by atomic mass is 16.5. The van der Waals surface area contributed by atoms with E-state index in [1.807, 2.05) is 24.5 Å². The van der Waals surface area contributed by atoms with Gasteiger partial charge in [-0.05, 0) is 18.2 Å². The maximum Gasteiger partial charge on any atom is 0.288 e. The maximum atomic E-state index is 8.23. The van der Waals surface area contributed by atoms with E-state index >= 15 is 0 Å². The first-order valence-electron chi connectivity index (χ1n) is 3.18. The third kappa shape index (κ3) is 1.62. The molecule has 1 heterocycles. The van der Waals surface area contributed by atoms with Crippen molar-refractivity contribution in [1.29, 1.82) is 5.26 Å². The molecule has 0 radical (unpaired) electrons. The summed E-state index contributed by atoms with van der Waals surface area (Å²) >= 11 is 0. The van der Waals surface area contributed by atoms with Crippen LogP contribution in [0, 0.1) is 11.5 Å². The fourth-order valence-corrected chi connectivity index (χ4v) is 0.802. The van der Waals surface area contributed by atoms with Gasteiger partial charge in [0, 0.05) is 12.4 Å². The Morgan fingerprint density at radius 3 is 2.64 bits per heavy atom. The fourth-order valence-electron chi connectivity index (χ4n) is 0.802. The molecule has 0 aromatic carbocycles. The lowest BCUT2D eigenvalue weighted by molar-refractivity contribution is 0.142. The Kier molecular flexibility index (Phi) is 2.34. The number of nitrogens with zero attached hydrogens (tertiary/aromatic N) is 2. The van der Waals surface area contributed by atoms with Crippen LogP contribution >= 0.6 is 0 Å². The van der Waals surface area contributed by atoms with Crippen molar-refractivity contribution in [2.45, 2.75) is 6.23 Å². The first-order chi connectivity index (χ1) is 5.38. The number of rotatable bonds is 3. The van der Waals surface area contributed by atoms with Crippen LogP contribution in [0.15, 0.2) is 37.2 Å². The summed E-state index contributed by atoms with van der Waals surface area (Å²) in [7, 11) is 0. The van der Waals surface area contributed by atoms with E-state index < -0.39 is 0 Å². The normalized spacial score (nSPS) is 11.5. The number of hydrogen-bond acceptors (Lipinski definition) is 2. The van der Waals surface area contributed by atoms with Gasteiger partial charge in [0.25, 0.3) is 6.26 Å². The molecule has 1 rings (SSSR count). The van der Waals surface area contributed by atoms with Gasteiger partial charge >= 0.3 is 0 Å². The van der Waals surface area contributed by atoms with Gasteiger partial charge in [-0.2, -0.15) is 5.26 Å². The summed E-state index contributed by atoms with van der Waals surface area (Å²) in [6.45, 7) is 3.54. The molecule has 0 aliphatic rings. The molecule has 3 heteroatoms. The zero-order chi connectivity index (χ0) is 8.10. The highest BCUT2D eigenvalue weighted by molar-refractivity contribution is 4.95. The van der Waals surface area contributed by atoms with Gasteiger partial charge in [0.15, 0.2) is 0 Å². The number of aromatic nitrogens is 1. The topological polar surface area (TPSA) is 37.9 Å². The Morgan fingerprint density at radius 2 is 2.18 bits per heavy atom. The molecule has 1 atom stereocenters. The molecule has 1 aromatic rings. The van der Waals surface area contributed by atoms with Crippen LogP contribution in [0.25, 0.3) is 0 Å². The van der Waals surface area contributed by atoms with Crippen molar-refractivity contribution in [1.82, 2.24) is 4.57 Å². The quantitative estimate of drug-likeness (QED) is 0.483. The molecule has 1 aromatic heterocycles. The summed E-state index contributed by atoms with van der Waals surface area (Å²) in [5.41, 5.74) is 0. The smallest absolute Gasteiger partial charge is 0.288 e. The van der Waals surface area contributed by atoms with Crippen LogP contribution < -0.4 is 0 Å². The lowest BCUT2D eigenvalue weighted by atomic mass is 10.5. The molecule has 0 bridgehead atoms. The lowest BCUT2D eigenvalue weighted by Gasteiger charge is -2.09. The lowest BCUT2D eigenvalue weighted by Crippen LogP contribution is -2.04. The zero-order valence-corrected chi connectivity index (χ0v) is 5.97. The third-order valence-electron chi connectivity index (χ3n) is 1.30. The second-order valence-corrected chi connectivity index (χ2v) is 1.97.